The van der Waals surface area contributed by atoms with Crippen LogP contribution in [0.3, 0.4) is 0 Å². The van der Waals surface area contributed by atoms with Gasteiger partial charge < -0.3 is 9.80 Å². The Balaban J connectivity index is 1.58. The zero-order valence-corrected chi connectivity index (χ0v) is 14.1. The Bertz CT molecular complexity index is 777. The van der Waals surface area contributed by atoms with E-state index in [9.17, 15) is 22.4 Å². The highest BCUT2D eigenvalue weighted by molar-refractivity contribution is 5.76. The summed E-state index contributed by atoms with van der Waals surface area (Å²) in [5.74, 6) is -0.588. The molecule has 0 atom stereocenters. The molecule has 26 heavy (non-hydrogen) atoms. The predicted molar refractivity (Wildman–Crippen MR) is 87.2 cm³/mol. The van der Waals surface area contributed by atoms with Gasteiger partial charge in [0.05, 0.1) is 0 Å². The summed E-state index contributed by atoms with van der Waals surface area (Å²) >= 11 is 0. The van der Waals surface area contributed by atoms with Gasteiger partial charge in [0.25, 0.3) is 0 Å². The zero-order chi connectivity index (χ0) is 18.9. The number of hydrogen-bond acceptors (Lipinski definition) is 3. The van der Waals surface area contributed by atoms with Crippen LogP contribution in [-0.4, -0.2) is 46.8 Å². The third-order valence-corrected chi connectivity index (χ3v) is 4.33. The van der Waals surface area contributed by atoms with Crippen LogP contribution >= 0.6 is 0 Å². The van der Waals surface area contributed by atoms with Crippen LogP contribution in [0.4, 0.5) is 23.2 Å². The molecule has 1 aliphatic heterocycles. The highest BCUT2D eigenvalue weighted by Crippen LogP contribution is 2.30. The first kappa shape index (κ1) is 18.2. The van der Waals surface area contributed by atoms with Gasteiger partial charge in [-0.1, -0.05) is 0 Å². The highest BCUT2D eigenvalue weighted by atomic mass is 19.4. The van der Waals surface area contributed by atoms with Gasteiger partial charge in [0, 0.05) is 38.1 Å². The van der Waals surface area contributed by atoms with Gasteiger partial charge in [-0.25, -0.2) is 4.39 Å². The van der Waals surface area contributed by atoms with Gasteiger partial charge in [-0.3, -0.25) is 9.48 Å². The number of carbonyl (C=O) groups is 1. The van der Waals surface area contributed by atoms with E-state index in [1.54, 1.807) is 17.0 Å². The summed E-state index contributed by atoms with van der Waals surface area (Å²) in [5.41, 5.74) is -0.103. The number of aromatic nitrogens is 2. The molecule has 140 valence electrons. The number of rotatable bonds is 3. The fraction of sp³-hybridized carbons (Fsp3) is 0.412. The number of benzene rings is 1. The molecule has 1 aromatic heterocycles. The molecule has 0 bridgehead atoms. The number of aryl methyl sites for hydroxylation is 1. The van der Waals surface area contributed by atoms with Crippen molar-refractivity contribution in [2.75, 3.05) is 31.1 Å². The number of alkyl halides is 3. The van der Waals surface area contributed by atoms with E-state index in [1.807, 2.05) is 4.90 Å². The van der Waals surface area contributed by atoms with Crippen LogP contribution in [0.15, 0.2) is 30.5 Å². The van der Waals surface area contributed by atoms with Crippen LogP contribution in [0, 0.1) is 12.7 Å². The van der Waals surface area contributed by atoms with E-state index < -0.39 is 11.9 Å². The average Bonchev–Trinajstić information content (AvgIpc) is 2.96. The van der Waals surface area contributed by atoms with Gasteiger partial charge in [-0.05, 0) is 36.8 Å². The summed E-state index contributed by atoms with van der Waals surface area (Å²) in [6.07, 6.45) is -3.30. The minimum Gasteiger partial charge on any atom is -0.368 e. The quantitative estimate of drug-likeness (QED) is 0.781. The van der Waals surface area contributed by atoms with Gasteiger partial charge in [0.15, 0.2) is 5.69 Å². The van der Waals surface area contributed by atoms with Crippen molar-refractivity contribution in [1.29, 1.82) is 0 Å². The molecule has 1 aliphatic rings. The van der Waals surface area contributed by atoms with Gasteiger partial charge >= 0.3 is 6.18 Å². The van der Waals surface area contributed by atoms with Crippen LogP contribution < -0.4 is 4.90 Å². The summed E-state index contributed by atoms with van der Waals surface area (Å²) in [5, 5.41) is 3.48. The van der Waals surface area contributed by atoms with Crippen LogP contribution in [0.5, 0.6) is 0 Å². The largest absolute Gasteiger partial charge is 0.435 e. The Morgan fingerprint density at radius 1 is 1.12 bits per heavy atom. The maximum Gasteiger partial charge on any atom is 0.435 e. The molecule has 0 spiro atoms. The van der Waals surface area contributed by atoms with Crippen LogP contribution in [0.25, 0.3) is 0 Å². The lowest BCUT2D eigenvalue weighted by Gasteiger charge is -2.36. The van der Waals surface area contributed by atoms with Crippen molar-refractivity contribution in [2.45, 2.75) is 19.6 Å². The minimum atomic E-state index is -4.53. The summed E-state index contributed by atoms with van der Waals surface area (Å²) in [4.78, 5) is 16.0. The molecule has 1 saturated heterocycles. The molecule has 2 heterocycles. The van der Waals surface area contributed by atoms with Crippen molar-refractivity contribution in [3.63, 3.8) is 0 Å². The molecule has 0 aliphatic carbocycles. The Kier molecular flexibility index (Phi) is 4.88. The number of amides is 1. The number of nitrogens with zero attached hydrogens (tertiary/aromatic N) is 4. The number of carbonyl (C=O) groups excluding carboxylic acids is 1. The molecule has 9 heteroatoms. The summed E-state index contributed by atoms with van der Waals surface area (Å²) in [6, 6.07) is 6.12. The monoisotopic (exact) mass is 370 g/mol. The first-order valence-electron chi connectivity index (χ1n) is 8.13. The molecule has 1 fully saturated rings. The lowest BCUT2D eigenvalue weighted by Crippen LogP contribution is -2.49. The SMILES string of the molecule is Cc1cn(CC(=O)N2CCN(c3ccc(F)cc3)CC2)nc1C(F)(F)F. The second-order valence-corrected chi connectivity index (χ2v) is 6.20. The Labute approximate surface area is 147 Å². The minimum absolute atomic E-state index is 0.00794. The fourth-order valence-corrected chi connectivity index (χ4v) is 2.99. The van der Waals surface area contributed by atoms with E-state index >= 15 is 0 Å². The van der Waals surface area contributed by atoms with E-state index in [4.69, 9.17) is 0 Å². The first-order valence-corrected chi connectivity index (χ1v) is 8.13. The number of halogens is 4. The van der Waals surface area contributed by atoms with Crippen LogP contribution in [-0.2, 0) is 17.5 Å². The van der Waals surface area contributed by atoms with E-state index in [0.717, 1.165) is 10.4 Å². The van der Waals surface area contributed by atoms with Gasteiger partial charge in [-0.2, -0.15) is 18.3 Å². The van der Waals surface area contributed by atoms with Crippen molar-refractivity contribution in [2.24, 2.45) is 0 Å². The van der Waals surface area contributed by atoms with E-state index in [2.05, 4.69) is 5.10 Å². The topological polar surface area (TPSA) is 41.4 Å². The molecular formula is C17H18F4N4O. The van der Waals surface area contributed by atoms with Crippen molar-refractivity contribution in [3.8, 4) is 0 Å². The smallest absolute Gasteiger partial charge is 0.368 e. The molecule has 1 amide bonds. The molecule has 1 aromatic carbocycles. The van der Waals surface area contributed by atoms with E-state index in [0.29, 0.717) is 26.2 Å². The highest BCUT2D eigenvalue weighted by Gasteiger charge is 2.36. The zero-order valence-electron chi connectivity index (χ0n) is 14.1. The molecule has 0 saturated carbocycles. The standard InChI is InChI=1S/C17H18F4N4O/c1-12-10-25(22-16(12)17(19,20)21)11-15(26)24-8-6-23(7-9-24)14-4-2-13(18)3-5-14/h2-5,10H,6-9,11H2,1H3. The Morgan fingerprint density at radius 3 is 2.27 bits per heavy atom. The molecule has 0 radical (unpaired) electrons. The van der Waals surface area contributed by atoms with Gasteiger partial charge in [0.1, 0.15) is 12.4 Å². The molecule has 3 rings (SSSR count). The fourth-order valence-electron chi connectivity index (χ4n) is 2.99. The molecule has 5 nitrogen and oxygen atoms in total. The Hall–Kier alpha value is -2.58. The van der Waals surface area contributed by atoms with E-state index in [1.165, 1.54) is 25.3 Å². The van der Waals surface area contributed by atoms with Crippen molar-refractivity contribution >= 4 is 11.6 Å². The summed E-state index contributed by atoms with van der Waals surface area (Å²) < 4.78 is 52.4. The average molecular weight is 370 g/mol. The molecule has 0 N–H and O–H groups in total. The maximum atomic E-state index is 13.0. The predicted octanol–water partition coefficient (Wildman–Crippen LogP) is 2.70. The van der Waals surface area contributed by atoms with Crippen LogP contribution in [0.2, 0.25) is 0 Å². The normalized spacial score (nSPS) is 15.4. The lowest BCUT2D eigenvalue weighted by atomic mass is 10.2. The third kappa shape index (κ3) is 3.97. The van der Waals surface area contributed by atoms with Gasteiger partial charge in [-0.15, -0.1) is 0 Å². The maximum absolute atomic E-state index is 13.0. The molecule has 2 aromatic rings. The number of anilines is 1. The lowest BCUT2D eigenvalue weighted by molar-refractivity contribution is -0.142. The second-order valence-electron chi connectivity index (χ2n) is 6.20. The van der Waals surface area contributed by atoms with Crippen LogP contribution in [0.1, 0.15) is 11.3 Å². The summed E-state index contributed by atoms with van der Waals surface area (Å²) in [6.45, 7) is 3.13. The van der Waals surface area contributed by atoms with Gasteiger partial charge in [0.2, 0.25) is 5.91 Å². The number of hydrogen-bond donors (Lipinski definition) is 0. The number of piperazine rings is 1. The van der Waals surface area contributed by atoms with Crippen molar-refractivity contribution in [3.05, 3.63) is 47.5 Å². The summed E-state index contributed by atoms with van der Waals surface area (Å²) in [7, 11) is 0. The Morgan fingerprint density at radius 2 is 1.73 bits per heavy atom. The first-order chi connectivity index (χ1) is 12.2. The third-order valence-electron chi connectivity index (χ3n) is 4.33. The second kappa shape index (κ2) is 6.97. The van der Waals surface area contributed by atoms with Crippen molar-refractivity contribution < 1.29 is 22.4 Å². The molecular weight excluding hydrogens is 352 g/mol. The van der Waals surface area contributed by atoms with E-state index in [-0.39, 0.29) is 23.8 Å². The van der Waals surface area contributed by atoms with Crippen molar-refractivity contribution in [1.82, 2.24) is 14.7 Å². The molecule has 0 unspecified atom stereocenters.